The van der Waals surface area contributed by atoms with E-state index >= 15 is 0 Å². The zero-order chi connectivity index (χ0) is 13.1. The Morgan fingerprint density at radius 1 is 1.38 bits per heavy atom. The number of aliphatic carboxylic acids is 1. The van der Waals surface area contributed by atoms with Crippen LogP contribution in [0.25, 0.3) is 0 Å². The van der Waals surface area contributed by atoms with Crippen molar-refractivity contribution in [2.75, 3.05) is 25.6 Å². The van der Waals surface area contributed by atoms with Gasteiger partial charge in [0.1, 0.15) is 9.84 Å². The maximum absolute atomic E-state index is 11.1. The summed E-state index contributed by atoms with van der Waals surface area (Å²) in [5, 5.41) is 8.96. The molecule has 1 unspecified atom stereocenters. The summed E-state index contributed by atoms with van der Waals surface area (Å²) >= 11 is 0. The van der Waals surface area contributed by atoms with E-state index in [9.17, 15) is 13.2 Å². The van der Waals surface area contributed by atoms with Gasteiger partial charge in [-0.15, -0.1) is 0 Å². The van der Waals surface area contributed by atoms with Crippen LogP contribution in [0.15, 0.2) is 0 Å². The Labute approximate surface area is 97.4 Å². The second kappa shape index (κ2) is 5.14. The molecule has 0 bridgehead atoms. The Morgan fingerprint density at radius 2 is 1.81 bits per heavy atom. The van der Waals surface area contributed by atoms with Crippen LogP contribution in [0.1, 0.15) is 20.8 Å². The van der Waals surface area contributed by atoms with Gasteiger partial charge in [0, 0.05) is 18.3 Å². The molecule has 5 nitrogen and oxygen atoms in total. The van der Waals surface area contributed by atoms with Gasteiger partial charge in [-0.3, -0.25) is 4.79 Å². The van der Waals surface area contributed by atoms with Gasteiger partial charge in [0.15, 0.2) is 0 Å². The highest BCUT2D eigenvalue weighted by atomic mass is 32.2. The third kappa shape index (κ3) is 6.07. The van der Waals surface area contributed by atoms with E-state index in [2.05, 4.69) is 0 Å². The van der Waals surface area contributed by atoms with Gasteiger partial charge >= 0.3 is 5.97 Å². The number of rotatable bonds is 5. The maximum Gasteiger partial charge on any atom is 0.308 e. The minimum atomic E-state index is -3.27. The Balaban J connectivity index is 4.66. The average Bonchev–Trinajstić information content (AvgIpc) is 1.98. The van der Waals surface area contributed by atoms with Crippen molar-refractivity contribution in [2.45, 2.75) is 26.3 Å². The summed E-state index contributed by atoms with van der Waals surface area (Å²) in [5.74, 6) is -2.26. The molecule has 6 heteroatoms. The van der Waals surface area contributed by atoms with Crippen LogP contribution in [0.3, 0.4) is 0 Å². The third-order valence-corrected chi connectivity index (χ3v) is 3.50. The van der Waals surface area contributed by atoms with E-state index < -0.39 is 21.7 Å². The lowest BCUT2D eigenvalue weighted by Crippen LogP contribution is -2.44. The fraction of sp³-hybridized carbons (Fsp3) is 0.900. The average molecular weight is 251 g/mol. The molecule has 0 fully saturated rings. The molecule has 96 valence electrons. The third-order valence-electron chi connectivity index (χ3n) is 2.49. The van der Waals surface area contributed by atoms with Gasteiger partial charge in [-0.25, -0.2) is 8.42 Å². The van der Waals surface area contributed by atoms with Crippen molar-refractivity contribution >= 4 is 15.8 Å². The molecule has 0 radical (unpaired) electrons. The Kier molecular flexibility index (Phi) is 4.94. The van der Waals surface area contributed by atoms with Gasteiger partial charge in [-0.05, 0) is 27.8 Å². The number of carboxylic acids is 1. The van der Waals surface area contributed by atoms with Crippen LogP contribution in [0.5, 0.6) is 0 Å². The van der Waals surface area contributed by atoms with Crippen LogP contribution in [0.4, 0.5) is 0 Å². The van der Waals surface area contributed by atoms with E-state index in [4.69, 9.17) is 5.11 Å². The summed E-state index contributed by atoms with van der Waals surface area (Å²) in [6.07, 6.45) is 1.06. The molecule has 0 spiro atoms. The Hall–Kier alpha value is -0.620. The summed E-state index contributed by atoms with van der Waals surface area (Å²) in [6.45, 7) is 6.08. The van der Waals surface area contributed by atoms with E-state index in [-0.39, 0.29) is 17.8 Å². The van der Waals surface area contributed by atoms with Gasteiger partial charge < -0.3 is 10.0 Å². The lowest BCUT2D eigenvalue weighted by molar-refractivity contribution is -0.141. The molecule has 0 aliphatic rings. The van der Waals surface area contributed by atoms with Gasteiger partial charge in [0.2, 0.25) is 0 Å². The standard InChI is InChI=1S/C10H21NO4S/c1-10(2,3)11(4)6-8(9(12)13)7-16(5,14)15/h8H,6-7H2,1-5H3,(H,12,13). The van der Waals surface area contributed by atoms with Crippen LogP contribution in [-0.2, 0) is 14.6 Å². The molecule has 0 saturated carbocycles. The lowest BCUT2D eigenvalue weighted by atomic mass is 10.0. The van der Waals surface area contributed by atoms with E-state index in [1.807, 2.05) is 25.7 Å². The largest absolute Gasteiger partial charge is 0.481 e. The highest BCUT2D eigenvalue weighted by molar-refractivity contribution is 7.90. The van der Waals surface area contributed by atoms with Crippen molar-refractivity contribution in [2.24, 2.45) is 5.92 Å². The monoisotopic (exact) mass is 251 g/mol. The molecule has 0 aliphatic carbocycles. The van der Waals surface area contributed by atoms with E-state index in [0.29, 0.717) is 0 Å². The van der Waals surface area contributed by atoms with Crippen molar-refractivity contribution in [3.05, 3.63) is 0 Å². The topological polar surface area (TPSA) is 74.7 Å². The minimum Gasteiger partial charge on any atom is -0.481 e. The first-order valence-electron chi connectivity index (χ1n) is 5.05. The summed E-state index contributed by atoms with van der Waals surface area (Å²) in [5.41, 5.74) is -0.175. The fourth-order valence-corrected chi connectivity index (χ4v) is 2.15. The van der Waals surface area contributed by atoms with E-state index in [1.165, 1.54) is 0 Å². The van der Waals surface area contributed by atoms with Crippen molar-refractivity contribution in [3.8, 4) is 0 Å². The van der Waals surface area contributed by atoms with Crippen molar-refractivity contribution in [1.29, 1.82) is 0 Å². The first kappa shape index (κ1) is 15.4. The number of nitrogens with zero attached hydrogens (tertiary/aromatic N) is 1. The first-order valence-corrected chi connectivity index (χ1v) is 7.11. The molecule has 0 aromatic heterocycles. The van der Waals surface area contributed by atoms with Crippen LogP contribution < -0.4 is 0 Å². The Morgan fingerprint density at radius 3 is 2.06 bits per heavy atom. The van der Waals surface area contributed by atoms with Gasteiger partial charge in [0.05, 0.1) is 11.7 Å². The second-order valence-electron chi connectivity index (χ2n) is 5.18. The number of sulfone groups is 1. The molecule has 1 atom stereocenters. The summed E-state index contributed by atoms with van der Waals surface area (Å²) in [6, 6.07) is 0. The van der Waals surface area contributed by atoms with Crippen LogP contribution in [0.2, 0.25) is 0 Å². The molecule has 16 heavy (non-hydrogen) atoms. The molecule has 0 heterocycles. The fourth-order valence-electron chi connectivity index (χ4n) is 1.17. The highest BCUT2D eigenvalue weighted by Crippen LogP contribution is 2.14. The molecular weight excluding hydrogens is 230 g/mol. The van der Waals surface area contributed by atoms with Gasteiger partial charge in [-0.1, -0.05) is 0 Å². The van der Waals surface area contributed by atoms with Crippen molar-refractivity contribution < 1.29 is 18.3 Å². The summed E-state index contributed by atoms with van der Waals surface area (Å²) in [4.78, 5) is 12.8. The molecule has 0 amide bonds. The maximum atomic E-state index is 11.1. The van der Waals surface area contributed by atoms with E-state index in [0.717, 1.165) is 6.26 Å². The smallest absolute Gasteiger partial charge is 0.308 e. The molecule has 1 N–H and O–H groups in total. The zero-order valence-corrected chi connectivity index (χ0v) is 11.3. The predicted octanol–water partition coefficient (Wildman–Crippen LogP) is 0.462. The zero-order valence-electron chi connectivity index (χ0n) is 10.5. The number of hydrogen-bond donors (Lipinski definition) is 1. The SMILES string of the molecule is CN(CC(CS(C)(=O)=O)C(=O)O)C(C)(C)C. The molecule has 0 aromatic rings. The normalized spacial score (nSPS) is 15.1. The van der Waals surface area contributed by atoms with Crippen LogP contribution in [0, 0.1) is 5.92 Å². The first-order chi connectivity index (χ1) is 6.93. The van der Waals surface area contributed by atoms with Crippen molar-refractivity contribution in [3.63, 3.8) is 0 Å². The van der Waals surface area contributed by atoms with Gasteiger partial charge in [0.25, 0.3) is 0 Å². The summed E-state index contributed by atoms with van der Waals surface area (Å²) < 4.78 is 22.2. The second-order valence-corrected chi connectivity index (χ2v) is 7.36. The van der Waals surface area contributed by atoms with Crippen LogP contribution >= 0.6 is 0 Å². The number of hydrogen-bond acceptors (Lipinski definition) is 4. The van der Waals surface area contributed by atoms with Crippen molar-refractivity contribution in [1.82, 2.24) is 4.90 Å². The molecule has 0 aromatic carbocycles. The van der Waals surface area contributed by atoms with Crippen LogP contribution in [-0.4, -0.2) is 55.5 Å². The predicted molar refractivity (Wildman–Crippen MR) is 63.2 cm³/mol. The Bertz CT molecular complexity index is 342. The summed E-state index contributed by atoms with van der Waals surface area (Å²) in [7, 11) is -1.48. The number of carbonyl (C=O) groups is 1. The molecular formula is C10H21NO4S. The molecule has 0 aliphatic heterocycles. The van der Waals surface area contributed by atoms with E-state index in [1.54, 1.807) is 7.05 Å². The molecule has 0 saturated heterocycles. The molecule has 0 rings (SSSR count). The quantitative estimate of drug-likeness (QED) is 0.768. The van der Waals surface area contributed by atoms with Gasteiger partial charge in [-0.2, -0.15) is 0 Å². The highest BCUT2D eigenvalue weighted by Gasteiger charge is 2.27. The lowest BCUT2D eigenvalue weighted by Gasteiger charge is -2.33. The minimum absolute atomic E-state index is 0.175. The number of carboxylic acid groups (broad SMARTS) is 1.